The fraction of sp³-hybridized carbons (Fsp3) is 0.286. The molecule has 1 aromatic heterocycles. The van der Waals surface area contributed by atoms with E-state index in [0.717, 1.165) is 0 Å². The Kier molecular flexibility index (Phi) is 7.58. The number of hydrogen-bond donors (Lipinski definition) is 4. The van der Waals surface area contributed by atoms with Crippen molar-refractivity contribution in [3.05, 3.63) is 59.9 Å². The topological polar surface area (TPSA) is 187 Å². The molecule has 0 radical (unpaired) electrons. The molecule has 2 amide bonds. The summed E-state index contributed by atoms with van der Waals surface area (Å²) in [6.45, 7) is 0.0449. The van der Waals surface area contributed by atoms with Gasteiger partial charge in [0.1, 0.15) is 5.84 Å². The van der Waals surface area contributed by atoms with Gasteiger partial charge in [-0.25, -0.2) is 13.1 Å². The lowest BCUT2D eigenvalue weighted by Crippen LogP contribution is -2.56. The van der Waals surface area contributed by atoms with Gasteiger partial charge in [-0.1, -0.05) is 6.07 Å². The van der Waals surface area contributed by atoms with Gasteiger partial charge >= 0.3 is 17.8 Å². The number of aromatic nitrogens is 1. The minimum absolute atomic E-state index is 0.0299. The van der Waals surface area contributed by atoms with Crippen molar-refractivity contribution in [3.8, 4) is 0 Å². The third kappa shape index (κ3) is 5.74. The number of carboxylic acid groups (broad SMARTS) is 1. The molecule has 34 heavy (non-hydrogen) atoms. The van der Waals surface area contributed by atoms with Crippen LogP contribution in [-0.4, -0.2) is 78.1 Å². The molecule has 0 spiro atoms. The number of nitrogens with zero attached hydrogens (tertiary/aromatic N) is 3. The summed E-state index contributed by atoms with van der Waals surface area (Å²) >= 11 is 0. The molecule has 2 aromatic rings. The number of sulfonamides is 1. The molecule has 2 heterocycles. The molecule has 1 aliphatic heterocycles. The average Bonchev–Trinajstić information content (AvgIpc) is 2.81. The highest BCUT2D eigenvalue weighted by atomic mass is 32.2. The van der Waals surface area contributed by atoms with E-state index in [0.29, 0.717) is 11.1 Å². The van der Waals surface area contributed by atoms with Crippen LogP contribution in [0.25, 0.3) is 0 Å². The van der Waals surface area contributed by atoms with E-state index in [4.69, 9.17) is 11.1 Å². The maximum Gasteiger partial charge on any atom is 0.312 e. The van der Waals surface area contributed by atoms with Crippen LogP contribution in [0.2, 0.25) is 0 Å². The van der Waals surface area contributed by atoms with Crippen molar-refractivity contribution in [3.63, 3.8) is 0 Å². The summed E-state index contributed by atoms with van der Waals surface area (Å²) in [5, 5.41) is 16.6. The van der Waals surface area contributed by atoms with E-state index in [-0.39, 0.29) is 43.3 Å². The zero-order chi connectivity index (χ0) is 24.9. The standard InChI is InChI=1S/C21H24N6O6S/c22-19(23)14-3-5-16(6-4-14)34(32,33)25-8-9-26-10-11-27(21(31)20(26)30)17(12-18(28)29)15-2-1-7-24-13-15/h1-7,13,17,25H,8-12H2,(H3,22,23)(H,28,29). The highest BCUT2D eigenvalue weighted by molar-refractivity contribution is 7.89. The van der Waals surface area contributed by atoms with E-state index < -0.39 is 33.8 Å². The molecular formula is C21H24N6O6S. The number of benzene rings is 1. The summed E-state index contributed by atoms with van der Waals surface area (Å²) in [5.41, 5.74) is 6.25. The molecule has 180 valence electrons. The lowest BCUT2D eigenvalue weighted by Gasteiger charge is -2.38. The smallest absolute Gasteiger partial charge is 0.312 e. The molecule has 1 saturated heterocycles. The summed E-state index contributed by atoms with van der Waals surface area (Å²) in [7, 11) is -3.88. The zero-order valence-electron chi connectivity index (χ0n) is 18.0. The van der Waals surface area contributed by atoms with Crippen LogP contribution < -0.4 is 10.5 Å². The first kappa shape index (κ1) is 24.8. The molecule has 0 saturated carbocycles. The van der Waals surface area contributed by atoms with Gasteiger partial charge < -0.3 is 20.6 Å². The van der Waals surface area contributed by atoms with Crippen LogP contribution in [0.5, 0.6) is 0 Å². The van der Waals surface area contributed by atoms with E-state index >= 15 is 0 Å². The molecule has 12 nitrogen and oxygen atoms in total. The van der Waals surface area contributed by atoms with Crippen molar-refractivity contribution in [2.45, 2.75) is 17.4 Å². The number of aliphatic carboxylic acids is 1. The van der Waals surface area contributed by atoms with Gasteiger partial charge in [-0.3, -0.25) is 24.8 Å². The monoisotopic (exact) mass is 488 g/mol. The predicted molar refractivity (Wildman–Crippen MR) is 120 cm³/mol. The minimum atomic E-state index is -3.88. The van der Waals surface area contributed by atoms with Crippen molar-refractivity contribution >= 4 is 33.6 Å². The Morgan fingerprint density at radius 3 is 2.47 bits per heavy atom. The molecule has 1 aliphatic rings. The molecule has 0 aliphatic carbocycles. The zero-order valence-corrected chi connectivity index (χ0v) is 18.9. The second-order valence-corrected chi connectivity index (χ2v) is 9.29. The Labute approximate surface area is 195 Å². The van der Waals surface area contributed by atoms with Crippen molar-refractivity contribution in [1.29, 1.82) is 5.41 Å². The van der Waals surface area contributed by atoms with Gasteiger partial charge in [0.15, 0.2) is 0 Å². The third-order valence-electron chi connectivity index (χ3n) is 5.30. The van der Waals surface area contributed by atoms with Crippen molar-refractivity contribution in [1.82, 2.24) is 19.5 Å². The summed E-state index contributed by atoms with van der Waals surface area (Å²) in [5.74, 6) is -3.00. The van der Waals surface area contributed by atoms with Gasteiger partial charge in [0, 0.05) is 44.1 Å². The molecule has 1 fully saturated rings. The summed E-state index contributed by atoms with van der Waals surface area (Å²) in [6.07, 6.45) is 2.59. The first-order valence-corrected chi connectivity index (χ1v) is 11.7. The normalized spacial score (nSPS) is 15.3. The SMILES string of the molecule is N=C(N)c1ccc(S(=O)(=O)NCCN2CCN(C(CC(=O)O)c3cccnc3)C(=O)C2=O)cc1. The lowest BCUT2D eigenvalue weighted by atomic mass is 10.0. The number of carbonyl (C=O) groups is 3. The largest absolute Gasteiger partial charge is 0.481 e. The minimum Gasteiger partial charge on any atom is -0.481 e. The summed E-state index contributed by atoms with van der Waals surface area (Å²) < 4.78 is 27.3. The molecule has 3 rings (SSSR count). The van der Waals surface area contributed by atoms with Crippen LogP contribution in [0.4, 0.5) is 0 Å². The lowest BCUT2D eigenvalue weighted by molar-refractivity contribution is -0.159. The Hall–Kier alpha value is -3.84. The molecular weight excluding hydrogens is 464 g/mol. The van der Waals surface area contributed by atoms with Crippen LogP contribution in [0.15, 0.2) is 53.7 Å². The number of amides is 2. The Morgan fingerprint density at radius 1 is 1.18 bits per heavy atom. The summed E-state index contributed by atoms with van der Waals surface area (Å²) in [6, 6.07) is 7.86. The van der Waals surface area contributed by atoms with Crippen molar-refractivity contribution in [2.75, 3.05) is 26.2 Å². The first-order valence-electron chi connectivity index (χ1n) is 10.3. The van der Waals surface area contributed by atoms with Gasteiger partial charge in [-0.2, -0.15) is 0 Å². The van der Waals surface area contributed by atoms with Gasteiger partial charge in [-0.15, -0.1) is 0 Å². The van der Waals surface area contributed by atoms with E-state index in [9.17, 15) is 27.9 Å². The van der Waals surface area contributed by atoms with Crippen LogP contribution in [0, 0.1) is 5.41 Å². The van der Waals surface area contributed by atoms with E-state index in [1.165, 1.54) is 46.5 Å². The maximum absolute atomic E-state index is 12.8. The van der Waals surface area contributed by atoms with Crippen LogP contribution in [0.3, 0.4) is 0 Å². The molecule has 0 bridgehead atoms. The summed E-state index contributed by atoms with van der Waals surface area (Å²) in [4.78, 5) is 43.1. The second-order valence-electron chi connectivity index (χ2n) is 7.53. The molecule has 1 aromatic carbocycles. The van der Waals surface area contributed by atoms with Gasteiger partial charge in [0.2, 0.25) is 10.0 Å². The van der Waals surface area contributed by atoms with Crippen LogP contribution in [0.1, 0.15) is 23.6 Å². The molecule has 5 N–H and O–H groups in total. The van der Waals surface area contributed by atoms with Gasteiger partial charge in [-0.05, 0) is 35.9 Å². The average molecular weight is 489 g/mol. The predicted octanol–water partition coefficient (Wildman–Crippen LogP) is -0.469. The number of nitrogen functional groups attached to an aromatic ring is 1. The fourth-order valence-corrected chi connectivity index (χ4v) is 4.58. The maximum atomic E-state index is 12.8. The van der Waals surface area contributed by atoms with E-state index in [1.807, 2.05) is 0 Å². The fourth-order valence-electron chi connectivity index (χ4n) is 3.56. The van der Waals surface area contributed by atoms with E-state index in [2.05, 4.69) is 9.71 Å². The Bertz CT molecular complexity index is 1190. The Morgan fingerprint density at radius 2 is 1.88 bits per heavy atom. The number of carboxylic acids is 1. The number of nitrogens with two attached hydrogens (primary N) is 1. The van der Waals surface area contributed by atoms with E-state index in [1.54, 1.807) is 12.1 Å². The first-order chi connectivity index (χ1) is 16.1. The second kappa shape index (κ2) is 10.4. The molecule has 1 atom stereocenters. The van der Waals surface area contributed by atoms with Crippen LogP contribution in [-0.2, 0) is 24.4 Å². The number of nitrogens with one attached hydrogen (secondary N) is 2. The molecule has 1 unspecified atom stereocenters. The van der Waals surface area contributed by atoms with Crippen LogP contribution >= 0.6 is 0 Å². The highest BCUT2D eigenvalue weighted by Crippen LogP contribution is 2.26. The number of rotatable bonds is 10. The van der Waals surface area contributed by atoms with Gasteiger partial charge in [0.25, 0.3) is 0 Å². The van der Waals surface area contributed by atoms with Crippen molar-refractivity contribution in [2.24, 2.45) is 5.73 Å². The number of hydrogen-bond acceptors (Lipinski definition) is 7. The molecule has 13 heteroatoms. The van der Waals surface area contributed by atoms with Crippen molar-refractivity contribution < 1.29 is 27.9 Å². The van der Waals surface area contributed by atoms with Gasteiger partial charge in [0.05, 0.1) is 17.4 Å². The number of piperazine rings is 1. The number of pyridine rings is 1. The Balaban J connectivity index is 1.62. The number of amidine groups is 1. The number of carbonyl (C=O) groups excluding carboxylic acids is 2. The third-order valence-corrected chi connectivity index (χ3v) is 6.78. The quantitative estimate of drug-likeness (QED) is 0.196. The highest BCUT2D eigenvalue weighted by Gasteiger charge is 2.37.